The van der Waals surface area contributed by atoms with E-state index in [0.717, 1.165) is 16.4 Å². The highest BCUT2D eigenvalue weighted by Gasteiger charge is 2.31. The van der Waals surface area contributed by atoms with Gasteiger partial charge in [-0.25, -0.2) is 4.39 Å². The van der Waals surface area contributed by atoms with Gasteiger partial charge in [0.05, 0.1) is 11.6 Å². The second-order valence-corrected chi connectivity index (χ2v) is 6.88. The van der Waals surface area contributed by atoms with Gasteiger partial charge in [0.2, 0.25) is 0 Å². The van der Waals surface area contributed by atoms with Crippen molar-refractivity contribution in [2.75, 3.05) is 17.8 Å². The number of rotatable bonds is 4. The molecule has 0 unspecified atom stereocenters. The third kappa shape index (κ3) is 4.05. The first-order chi connectivity index (χ1) is 9.78. The van der Waals surface area contributed by atoms with Gasteiger partial charge in [0.1, 0.15) is 5.82 Å². The normalized spacial score (nSPS) is 17.6. The van der Waals surface area contributed by atoms with E-state index in [1.807, 2.05) is 0 Å². The molecule has 1 aliphatic heterocycles. The molecule has 0 radical (unpaired) electrons. The molecule has 1 heterocycles. The first kappa shape index (κ1) is 16.0. The van der Waals surface area contributed by atoms with E-state index in [9.17, 15) is 17.6 Å². The molecule has 6 nitrogen and oxygen atoms in total. The number of carboxylic acid groups (broad SMARTS) is 1. The first-order valence-electron chi connectivity index (χ1n) is 6.25. The SMILES string of the molecule is O=C(O)C1CCN(S(=O)(=O)Nc2cc(F)cc(Cl)c2)CC1. The van der Waals surface area contributed by atoms with Gasteiger partial charge < -0.3 is 5.11 Å². The molecular weight excluding hydrogens is 323 g/mol. The van der Waals surface area contributed by atoms with E-state index in [1.54, 1.807) is 0 Å². The summed E-state index contributed by atoms with van der Waals surface area (Å²) in [6, 6.07) is 3.39. The van der Waals surface area contributed by atoms with Gasteiger partial charge in [-0.1, -0.05) is 11.6 Å². The molecule has 9 heteroatoms. The Hall–Kier alpha value is -1.38. The van der Waals surface area contributed by atoms with Gasteiger partial charge in [-0.05, 0) is 31.0 Å². The van der Waals surface area contributed by atoms with Gasteiger partial charge in [-0.2, -0.15) is 12.7 Å². The third-order valence-electron chi connectivity index (χ3n) is 3.25. The summed E-state index contributed by atoms with van der Waals surface area (Å²) in [6.07, 6.45) is 0.500. The molecule has 1 fully saturated rings. The minimum Gasteiger partial charge on any atom is -0.481 e. The highest BCUT2D eigenvalue weighted by atomic mass is 35.5. The molecule has 0 amide bonds. The van der Waals surface area contributed by atoms with Gasteiger partial charge in [-0.3, -0.25) is 9.52 Å². The van der Waals surface area contributed by atoms with Crippen LogP contribution in [0.3, 0.4) is 0 Å². The summed E-state index contributed by atoms with van der Waals surface area (Å²) in [6.45, 7) is 0.213. The van der Waals surface area contributed by atoms with Crippen LogP contribution in [0.5, 0.6) is 0 Å². The summed E-state index contributed by atoms with van der Waals surface area (Å²) >= 11 is 5.67. The van der Waals surface area contributed by atoms with E-state index >= 15 is 0 Å². The van der Waals surface area contributed by atoms with E-state index < -0.39 is 27.9 Å². The van der Waals surface area contributed by atoms with Crippen LogP contribution in [0.25, 0.3) is 0 Å². The van der Waals surface area contributed by atoms with Gasteiger partial charge in [-0.15, -0.1) is 0 Å². The van der Waals surface area contributed by atoms with Crippen LogP contribution >= 0.6 is 11.6 Å². The lowest BCUT2D eigenvalue weighted by Gasteiger charge is -2.29. The number of hydrogen-bond donors (Lipinski definition) is 2. The number of carboxylic acids is 1. The summed E-state index contributed by atoms with van der Waals surface area (Å²) in [5, 5.41) is 8.96. The summed E-state index contributed by atoms with van der Waals surface area (Å²) in [7, 11) is -3.85. The molecule has 2 N–H and O–H groups in total. The molecule has 0 bridgehead atoms. The number of hydrogen-bond acceptors (Lipinski definition) is 3. The molecular formula is C12H14ClFN2O4S. The first-order valence-corrected chi connectivity index (χ1v) is 8.06. The highest BCUT2D eigenvalue weighted by Crippen LogP contribution is 2.23. The molecule has 1 aliphatic rings. The predicted octanol–water partition coefficient (Wildman–Crippen LogP) is 1.93. The minimum atomic E-state index is -3.85. The van der Waals surface area contributed by atoms with Crippen LogP contribution in [0.1, 0.15) is 12.8 Å². The topological polar surface area (TPSA) is 86.7 Å². The second kappa shape index (κ2) is 6.17. The zero-order valence-corrected chi connectivity index (χ0v) is 12.5. The summed E-state index contributed by atoms with van der Waals surface area (Å²) < 4.78 is 40.9. The predicted molar refractivity (Wildman–Crippen MR) is 75.9 cm³/mol. The molecule has 0 aromatic heterocycles. The van der Waals surface area contributed by atoms with Crippen LogP contribution in [0.4, 0.5) is 10.1 Å². The summed E-state index contributed by atoms with van der Waals surface area (Å²) in [5.41, 5.74) is 0.0281. The van der Waals surface area contributed by atoms with Crippen molar-refractivity contribution in [3.63, 3.8) is 0 Å². The van der Waals surface area contributed by atoms with Crippen molar-refractivity contribution in [3.05, 3.63) is 29.0 Å². The average molecular weight is 337 g/mol. The number of benzene rings is 1. The number of halogens is 2. The molecule has 0 spiro atoms. The zero-order valence-electron chi connectivity index (χ0n) is 10.9. The van der Waals surface area contributed by atoms with Crippen molar-refractivity contribution < 1.29 is 22.7 Å². The van der Waals surface area contributed by atoms with Gasteiger partial charge in [0.15, 0.2) is 0 Å². The number of aliphatic carboxylic acids is 1. The Labute approximate surface area is 126 Å². The Morgan fingerprint density at radius 3 is 2.48 bits per heavy atom. The van der Waals surface area contributed by atoms with Crippen LogP contribution in [-0.4, -0.2) is 36.9 Å². The molecule has 0 saturated carbocycles. The van der Waals surface area contributed by atoms with E-state index in [1.165, 1.54) is 6.07 Å². The monoisotopic (exact) mass is 336 g/mol. The maximum absolute atomic E-state index is 13.2. The Balaban J connectivity index is 2.07. The Bertz CT molecular complexity index is 624. The van der Waals surface area contributed by atoms with Crippen LogP contribution in [-0.2, 0) is 15.0 Å². The maximum Gasteiger partial charge on any atom is 0.306 e. The van der Waals surface area contributed by atoms with Crippen molar-refractivity contribution >= 4 is 33.5 Å². The fourth-order valence-corrected chi connectivity index (χ4v) is 3.63. The molecule has 1 aromatic carbocycles. The standard InChI is InChI=1S/C12H14ClFN2O4S/c13-9-5-10(14)7-11(6-9)15-21(19,20)16-3-1-8(2-4-16)12(17)18/h5-8,15H,1-4H2,(H,17,18). The van der Waals surface area contributed by atoms with Crippen molar-refractivity contribution in [1.29, 1.82) is 0 Å². The smallest absolute Gasteiger partial charge is 0.306 e. The van der Waals surface area contributed by atoms with Crippen LogP contribution in [0.15, 0.2) is 18.2 Å². The van der Waals surface area contributed by atoms with Crippen molar-refractivity contribution in [1.82, 2.24) is 4.31 Å². The molecule has 1 aromatic rings. The van der Waals surface area contributed by atoms with Gasteiger partial charge >= 0.3 is 16.2 Å². The Morgan fingerprint density at radius 1 is 1.33 bits per heavy atom. The number of nitrogens with zero attached hydrogens (tertiary/aromatic N) is 1. The van der Waals surface area contributed by atoms with Crippen molar-refractivity contribution in [2.24, 2.45) is 5.92 Å². The Kier molecular flexibility index (Phi) is 4.70. The summed E-state index contributed by atoms with van der Waals surface area (Å²) in [4.78, 5) is 10.8. The van der Waals surface area contributed by atoms with E-state index in [0.29, 0.717) is 0 Å². The van der Waals surface area contributed by atoms with E-state index in [2.05, 4.69) is 4.72 Å². The highest BCUT2D eigenvalue weighted by molar-refractivity contribution is 7.90. The van der Waals surface area contributed by atoms with Crippen molar-refractivity contribution in [2.45, 2.75) is 12.8 Å². The lowest BCUT2D eigenvalue weighted by Crippen LogP contribution is -2.42. The molecule has 116 valence electrons. The van der Waals surface area contributed by atoms with Gasteiger partial charge in [0, 0.05) is 18.1 Å². The average Bonchev–Trinajstić information content (AvgIpc) is 2.37. The number of carbonyl (C=O) groups is 1. The van der Waals surface area contributed by atoms with Gasteiger partial charge in [0.25, 0.3) is 0 Å². The number of anilines is 1. The van der Waals surface area contributed by atoms with E-state index in [4.69, 9.17) is 16.7 Å². The molecule has 0 aliphatic carbocycles. The van der Waals surface area contributed by atoms with E-state index in [-0.39, 0.29) is 36.6 Å². The fourth-order valence-electron chi connectivity index (χ4n) is 2.17. The largest absolute Gasteiger partial charge is 0.481 e. The fraction of sp³-hybridized carbons (Fsp3) is 0.417. The third-order valence-corrected chi connectivity index (χ3v) is 5.01. The van der Waals surface area contributed by atoms with Crippen LogP contribution < -0.4 is 4.72 Å². The van der Waals surface area contributed by atoms with Crippen LogP contribution in [0.2, 0.25) is 5.02 Å². The molecule has 2 rings (SSSR count). The van der Waals surface area contributed by atoms with Crippen LogP contribution in [0, 0.1) is 11.7 Å². The summed E-state index contributed by atoms with van der Waals surface area (Å²) in [5.74, 6) is -2.10. The molecule has 1 saturated heterocycles. The Morgan fingerprint density at radius 2 is 1.95 bits per heavy atom. The lowest BCUT2D eigenvalue weighted by atomic mass is 9.99. The zero-order chi connectivity index (χ0) is 15.6. The minimum absolute atomic E-state index is 0.0281. The number of piperidine rings is 1. The molecule has 0 atom stereocenters. The molecule has 21 heavy (non-hydrogen) atoms. The maximum atomic E-state index is 13.2. The number of nitrogens with one attached hydrogen (secondary N) is 1. The lowest BCUT2D eigenvalue weighted by molar-refractivity contribution is -0.142. The second-order valence-electron chi connectivity index (χ2n) is 4.78. The quantitative estimate of drug-likeness (QED) is 0.879. The van der Waals surface area contributed by atoms with Crippen molar-refractivity contribution in [3.8, 4) is 0 Å².